The molecule has 2 N–H and O–H groups in total. The van der Waals surface area contributed by atoms with Gasteiger partial charge in [-0.25, -0.2) is 4.79 Å². The SMILES string of the molecule is CCCCCCCCCCC(NC(=O)C(C)(C)NC(=O)OC(C)(C)C)C(=O)[C@@H]1O[C@H](COC(C)=O)[C@@H](OC(C)=O)[C@H](OC(C)=O)[C@H]1OC(C)=O. The average Bonchev–Trinajstić information content (AvgIpc) is 2.96. The van der Waals surface area contributed by atoms with Crippen molar-refractivity contribution in [2.45, 2.75) is 175 Å². The van der Waals surface area contributed by atoms with Crippen molar-refractivity contribution in [3.63, 3.8) is 0 Å². The molecule has 0 radical (unpaired) electrons. The second-order valence-corrected chi connectivity index (χ2v) is 14.1. The Morgan fingerprint density at radius 3 is 1.68 bits per heavy atom. The predicted molar refractivity (Wildman–Crippen MR) is 180 cm³/mol. The van der Waals surface area contributed by atoms with Gasteiger partial charge in [0.2, 0.25) is 5.91 Å². The largest absolute Gasteiger partial charge is 0.463 e. The lowest BCUT2D eigenvalue weighted by atomic mass is 9.88. The first-order valence-electron chi connectivity index (χ1n) is 17.3. The highest BCUT2D eigenvalue weighted by Crippen LogP contribution is 2.31. The fraction of sp³-hybridized carbons (Fsp3) is 0.800. The van der Waals surface area contributed by atoms with Crippen molar-refractivity contribution in [2.75, 3.05) is 6.61 Å². The summed E-state index contributed by atoms with van der Waals surface area (Å²) >= 11 is 0. The van der Waals surface area contributed by atoms with E-state index in [0.717, 1.165) is 72.6 Å². The summed E-state index contributed by atoms with van der Waals surface area (Å²) in [6.07, 6.45) is -0.609. The van der Waals surface area contributed by atoms with Crippen molar-refractivity contribution in [1.82, 2.24) is 10.6 Å². The number of nitrogens with one attached hydrogen (secondary N) is 2. The zero-order valence-electron chi connectivity index (χ0n) is 31.3. The van der Waals surface area contributed by atoms with E-state index in [0.29, 0.717) is 6.42 Å². The molecule has 0 aromatic rings. The lowest BCUT2D eigenvalue weighted by Crippen LogP contribution is -2.66. The van der Waals surface area contributed by atoms with Crippen LogP contribution in [0.4, 0.5) is 4.79 Å². The van der Waals surface area contributed by atoms with E-state index in [1.54, 1.807) is 20.8 Å². The van der Waals surface area contributed by atoms with Gasteiger partial charge in [0.05, 0.1) is 6.04 Å². The van der Waals surface area contributed by atoms with E-state index in [1.807, 2.05) is 0 Å². The number of Topliss-reactive ketones (excluding diaryl/α,β-unsaturated/α-hetero) is 1. The number of unbranched alkanes of at least 4 members (excludes halogenated alkanes) is 7. The molecule has 0 spiro atoms. The maximum atomic E-state index is 14.4. The number of ether oxygens (including phenoxy) is 6. The van der Waals surface area contributed by atoms with Gasteiger partial charge in [-0.3, -0.25) is 28.8 Å². The van der Waals surface area contributed by atoms with Crippen molar-refractivity contribution in [2.24, 2.45) is 0 Å². The molecule has 1 rings (SSSR count). The Bertz CT molecular complexity index is 1180. The summed E-state index contributed by atoms with van der Waals surface area (Å²) in [7, 11) is 0. The number of hydrogen-bond acceptors (Lipinski definition) is 13. The van der Waals surface area contributed by atoms with Gasteiger partial charge in [0.1, 0.15) is 23.9 Å². The van der Waals surface area contributed by atoms with Crippen LogP contribution < -0.4 is 10.6 Å². The molecule has 0 saturated carbocycles. The van der Waals surface area contributed by atoms with E-state index in [4.69, 9.17) is 28.4 Å². The molecule has 0 bridgehead atoms. The van der Waals surface area contributed by atoms with Gasteiger partial charge in [0.25, 0.3) is 0 Å². The van der Waals surface area contributed by atoms with E-state index in [-0.39, 0.29) is 6.42 Å². The summed E-state index contributed by atoms with van der Waals surface area (Å²) in [5.74, 6) is -4.68. The number of carbonyl (C=O) groups is 7. The van der Waals surface area contributed by atoms with Gasteiger partial charge in [0.15, 0.2) is 30.2 Å². The van der Waals surface area contributed by atoms with Gasteiger partial charge < -0.3 is 39.1 Å². The number of esters is 4. The summed E-state index contributed by atoms with van der Waals surface area (Å²) in [6, 6.07) is -1.23. The molecular formula is C35H58N2O13. The minimum atomic E-state index is -1.67. The number of amides is 2. The molecule has 1 unspecified atom stereocenters. The summed E-state index contributed by atoms with van der Waals surface area (Å²) in [6.45, 7) is 13.9. The summed E-state index contributed by atoms with van der Waals surface area (Å²) in [5, 5.41) is 5.24. The van der Waals surface area contributed by atoms with E-state index in [1.165, 1.54) is 13.8 Å². The van der Waals surface area contributed by atoms with Crippen LogP contribution in [0, 0.1) is 0 Å². The fourth-order valence-electron chi connectivity index (χ4n) is 5.38. The Morgan fingerprint density at radius 2 is 1.18 bits per heavy atom. The molecule has 0 aromatic carbocycles. The molecule has 15 nitrogen and oxygen atoms in total. The molecule has 0 aliphatic carbocycles. The zero-order chi connectivity index (χ0) is 38.2. The van der Waals surface area contributed by atoms with Crippen LogP contribution in [0.25, 0.3) is 0 Å². The Kier molecular flexibility index (Phi) is 18.4. The van der Waals surface area contributed by atoms with E-state index >= 15 is 0 Å². The third kappa shape index (κ3) is 16.3. The van der Waals surface area contributed by atoms with Crippen LogP contribution in [0.1, 0.15) is 127 Å². The molecule has 6 atom stereocenters. The highest BCUT2D eigenvalue weighted by Gasteiger charge is 2.55. The number of ketones is 1. The number of alkyl carbamates (subject to hydrolysis) is 1. The van der Waals surface area contributed by atoms with Crippen LogP contribution in [-0.2, 0) is 57.2 Å². The van der Waals surface area contributed by atoms with Crippen molar-refractivity contribution in [3.8, 4) is 0 Å². The summed E-state index contributed by atoms with van der Waals surface area (Å²) < 4.78 is 32.9. The van der Waals surface area contributed by atoms with Crippen LogP contribution in [0.2, 0.25) is 0 Å². The molecule has 50 heavy (non-hydrogen) atoms. The van der Waals surface area contributed by atoms with Gasteiger partial charge in [-0.2, -0.15) is 0 Å². The minimum absolute atomic E-state index is 0.148. The molecule has 1 aliphatic rings. The highest BCUT2D eigenvalue weighted by atomic mass is 16.7. The molecule has 1 fully saturated rings. The maximum Gasteiger partial charge on any atom is 0.408 e. The van der Waals surface area contributed by atoms with Crippen molar-refractivity contribution in [1.29, 1.82) is 0 Å². The van der Waals surface area contributed by atoms with Crippen LogP contribution in [0.5, 0.6) is 0 Å². The van der Waals surface area contributed by atoms with Crippen LogP contribution >= 0.6 is 0 Å². The van der Waals surface area contributed by atoms with Gasteiger partial charge in [-0.05, 0) is 41.0 Å². The Labute approximate surface area is 295 Å². The summed E-state index contributed by atoms with van der Waals surface area (Å²) in [4.78, 5) is 89.0. The first-order chi connectivity index (χ1) is 23.2. The normalized spacial score (nSPS) is 21.2. The topological polar surface area (TPSA) is 199 Å². The Morgan fingerprint density at radius 1 is 0.680 bits per heavy atom. The van der Waals surface area contributed by atoms with Gasteiger partial charge in [0, 0.05) is 27.7 Å². The quantitative estimate of drug-likeness (QED) is 0.111. The highest BCUT2D eigenvalue weighted by molar-refractivity contribution is 5.96. The van der Waals surface area contributed by atoms with E-state index < -0.39 is 96.0 Å². The third-order valence-electron chi connectivity index (χ3n) is 7.65. The molecule has 1 heterocycles. The fourth-order valence-corrected chi connectivity index (χ4v) is 5.38. The Hall–Kier alpha value is -3.75. The molecular weight excluding hydrogens is 656 g/mol. The monoisotopic (exact) mass is 714 g/mol. The van der Waals surface area contributed by atoms with Crippen LogP contribution in [-0.4, -0.2) is 96.0 Å². The molecule has 1 aliphatic heterocycles. The maximum absolute atomic E-state index is 14.4. The second-order valence-electron chi connectivity index (χ2n) is 14.1. The Balaban J connectivity index is 3.52. The van der Waals surface area contributed by atoms with E-state index in [2.05, 4.69) is 17.6 Å². The molecule has 0 aromatic heterocycles. The molecule has 286 valence electrons. The molecule has 1 saturated heterocycles. The lowest BCUT2D eigenvalue weighted by Gasteiger charge is -2.44. The molecule has 2 amide bonds. The van der Waals surface area contributed by atoms with Crippen LogP contribution in [0.15, 0.2) is 0 Å². The zero-order valence-corrected chi connectivity index (χ0v) is 31.3. The van der Waals surface area contributed by atoms with Gasteiger partial charge in [-0.15, -0.1) is 0 Å². The minimum Gasteiger partial charge on any atom is -0.463 e. The van der Waals surface area contributed by atoms with Crippen molar-refractivity contribution < 1.29 is 62.0 Å². The second kappa shape index (κ2) is 20.8. The van der Waals surface area contributed by atoms with Crippen LogP contribution in [0.3, 0.4) is 0 Å². The number of hydrogen-bond donors (Lipinski definition) is 2. The molecule has 15 heteroatoms. The van der Waals surface area contributed by atoms with Crippen molar-refractivity contribution >= 4 is 41.7 Å². The van der Waals surface area contributed by atoms with E-state index in [9.17, 15) is 33.6 Å². The number of carbonyl (C=O) groups excluding carboxylic acids is 7. The standard InChI is InChI=1S/C35H58N2O13/c1-11-12-13-14-15-16-17-18-19-25(36-32(43)35(9,10)37-33(44)50-34(6,7)8)27(42)29-31(48-24(5)41)30(47-23(4)40)28(46-22(3)39)26(49-29)20-45-21(2)38/h25-26,28-31H,11-20H2,1-10H3,(H,36,43)(H,37,44)/t25?,26-,28-,29+,30+,31+/m1/s1. The number of rotatable bonds is 19. The summed E-state index contributed by atoms with van der Waals surface area (Å²) in [5.41, 5.74) is -2.37. The average molecular weight is 715 g/mol. The van der Waals surface area contributed by atoms with Gasteiger partial charge in [-0.1, -0.05) is 58.3 Å². The lowest BCUT2D eigenvalue weighted by molar-refractivity contribution is -0.249. The first kappa shape index (κ1) is 44.3. The predicted octanol–water partition coefficient (Wildman–Crippen LogP) is 4.00. The smallest absolute Gasteiger partial charge is 0.408 e. The third-order valence-corrected chi connectivity index (χ3v) is 7.65. The van der Waals surface area contributed by atoms with Crippen molar-refractivity contribution in [3.05, 3.63) is 0 Å². The first-order valence-corrected chi connectivity index (χ1v) is 17.3. The van der Waals surface area contributed by atoms with Gasteiger partial charge >= 0.3 is 30.0 Å².